The molecule has 160 valence electrons. The number of benzene rings is 1. The van der Waals surface area contributed by atoms with E-state index in [4.69, 9.17) is 23.8 Å². The summed E-state index contributed by atoms with van der Waals surface area (Å²) in [6.45, 7) is 3.68. The fourth-order valence-corrected chi connectivity index (χ4v) is 4.32. The van der Waals surface area contributed by atoms with Crippen LogP contribution in [-0.2, 0) is 11.8 Å². The third kappa shape index (κ3) is 4.16. The number of amides is 1. The minimum absolute atomic E-state index is 0.0788. The maximum absolute atomic E-state index is 12.1. The number of nitrogens with zero attached hydrogens (tertiary/aromatic N) is 3. The van der Waals surface area contributed by atoms with Crippen molar-refractivity contribution in [1.29, 1.82) is 0 Å². The monoisotopic (exact) mass is 453 g/mol. The highest BCUT2D eigenvalue weighted by atomic mass is 35.5. The van der Waals surface area contributed by atoms with Crippen LogP contribution in [0.25, 0.3) is 0 Å². The second-order valence-corrected chi connectivity index (χ2v) is 8.64. The van der Waals surface area contributed by atoms with Crippen molar-refractivity contribution in [2.75, 3.05) is 10.2 Å². The fourth-order valence-electron chi connectivity index (χ4n) is 3.75. The number of nitrogens with one attached hydrogen (secondary N) is 2. The minimum atomic E-state index is -0.132. The summed E-state index contributed by atoms with van der Waals surface area (Å²) >= 11 is 12.3. The third-order valence-corrected chi connectivity index (χ3v) is 6.03. The first kappa shape index (κ1) is 21.3. The number of pyridine rings is 1. The van der Waals surface area contributed by atoms with Gasteiger partial charge in [-0.1, -0.05) is 31.5 Å². The van der Waals surface area contributed by atoms with E-state index in [1.165, 1.54) is 0 Å². The summed E-state index contributed by atoms with van der Waals surface area (Å²) < 4.78 is 2.09. The molecule has 1 aliphatic rings. The van der Waals surface area contributed by atoms with E-state index in [0.29, 0.717) is 15.8 Å². The van der Waals surface area contributed by atoms with Gasteiger partial charge in [0, 0.05) is 36.7 Å². The highest BCUT2D eigenvalue weighted by molar-refractivity contribution is 7.80. The van der Waals surface area contributed by atoms with Gasteiger partial charge in [0.25, 0.3) is 0 Å². The van der Waals surface area contributed by atoms with Gasteiger partial charge < -0.3 is 20.1 Å². The molecule has 0 saturated carbocycles. The van der Waals surface area contributed by atoms with Crippen LogP contribution in [0.3, 0.4) is 0 Å². The maximum Gasteiger partial charge on any atom is 0.226 e. The van der Waals surface area contributed by atoms with Gasteiger partial charge in [-0.05, 0) is 54.7 Å². The number of aryl methyl sites for hydroxylation is 1. The lowest BCUT2D eigenvalue weighted by atomic mass is 10.0. The van der Waals surface area contributed by atoms with Crippen LogP contribution in [-0.4, -0.2) is 20.6 Å². The summed E-state index contributed by atoms with van der Waals surface area (Å²) in [5.41, 5.74) is 3.43. The lowest BCUT2D eigenvalue weighted by Gasteiger charge is -2.28. The largest absolute Gasteiger partial charge is 0.353 e. The van der Waals surface area contributed by atoms with Crippen LogP contribution in [0.1, 0.15) is 37.3 Å². The van der Waals surface area contributed by atoms with E-state index in [0.717, 1.165) is 17.1 Å². The Morgan fingerprint density at radius 3 is 2.65 bits per heavy atom. The van der Waals surface area contributed by atoms with Gasteiger partial charge >= 0.3 is 0 Å². The van der Waals surface area contributed by atoms with Crippen molar-refractivity contribution in [3.05, 3.63) is 77.3 Å². The minimum Gasteiger partial charge on any atom is -0.353 e. The van der Waals surface area contributed by atoms with E-state index in [9.17, 15) is 4.79 Å². The molecule has 0 radical (unpaired) electrons. The van der Waals surface area contributed by atoms with Gasteiger partial charge in [-0.25, -0.2) is 0 Å². The first-order valence-electron chi connectivity index (χ1n) is 10.1. The quantitative estimate of drug-likeness (QED) is 0.541. The van der Waals surface area contributed by atoms with E-state index < -0.39 is 0 Å². The van der Waals surface area contributed by atoms with E-state index in [1.54, 1.807) is 6.20 Å². The van der Waals surface area contributed by atoms with Crippen LogP contribution in [0.4, 0.5) is 11.4 Å². The van der Waals surface area contributed by atoms with Crippen LogP contribution in [0.2, 0.25) is 5.02 Å². The van der Waals surface area contributed by atoms with Gasteiger partial charge in [0.1, 0.15) is 6.04 Å². The molecule has 1 amide bonds. The Morgan fingerprint density at radius 2 is 2.03 bits per heavy atom. The molecule has 3 aromatic rings. The first-order valence-corrected chi connectivity index (χ1v) is 10.9. The zero-order valence-corrected chi connectivity index (χ0v) is 19.1. The van der Waals surface area contributed by atoms with Gasteiger partial charge in [-0.15, -0.1) is 0 Å². The molecule has 6 nitrogen and oxygen atoms in total. The van der Waals surface area contributed by atoms with Crippen molar-refractivity contribution < 1.29 is 4.79 Å². The lowest BCUT2D eigenvalue weighted by Crippen LogP contribution is -2.30. The van der Waals surface area contributed by atoms with Crippen molar-refractivity contribution in [3.63, 3.8) is 0 Å². The van der Waals surface area contributed by atoms with Gasteiger partial charge in [-0.3, -0.25) is 9.78 Å². The van der Waals surface area contributed by atoms with Gasteiger partial charge in [0.15, 0.2) is 5.11 Å². The van der Waals surface area contributed by atoms with Crippen LogP contribution in [0.15, 0.2) is 60.9 Å². The Hall–Kier alpha value is -2.90. The molecule has 1 fully saturated rings. The van der Waals surface area contributed by atoms with E-state index in [1.807, 2.05) is 69.6 Å². The number of rotatable bonds is 5. The summed E-state index contributed by atoms with van der Waals surface area (Å²) in [4.78, 5) is 18.7. The molecule has 0 unspecified atom stereocenters. The number of aromatic nitrogens is 2. The summed E-state index contributed by atoms with van der Waals surface area (Å²) in [6.07, 6.45) is 3.80. The van der Waals surface area contributed by atoms with Crippen LogP contribution in [0, 0.1) is 5.92 Å². The molecular weight excluding hydrogens is 430 g/mol. The highest BCUT2D eigenvalue weighted by Crippen LogP contribution is 2.42. The Labute approximate surface area is 192 Å². The Bertz CT molecular complexity index is 1110. The highest BCUT2D eigenvalue weighted by Gasteiger charge is 2.41. The van der Waals surface area contributed by atoms with E-state index >= 15 is 0 Å². The number of halogens is 1. The van der Waals surface area contributed by atoms with Gasteiger partial charge in [-0.2, -0.15) is 0 Å². The second kappa shape index (κ2) is 8.69. The zero-order valence-electron chi connectivity index (χ0n) is 17.5. The molecule has 2 N–H and O–H groups in total. The molecule has 3 heterocycles. The van der Waals surface area contributed by atoms with Crippen molar-refractivity contribution in [3.8, 4) is 0 Å². The predicted molar refractivity (Wildman–Crippen MR) is 128 cm³/mol. The number of carbonyl (C=O) groups excluding carboxylic acids is 1. The molecule has 1 saturated heterocycles. The topological polar surface area (TPSA) is 62.2 Å². The summed E-state index contributed by atoms with van der Waals surface area (Å²) in [5, 5.41) is 7.36. The number of hydrogen-bond donors (Lipinski definition) is 2. The predicted octanol–water partition coefficient (Wildman–Crippen LogP) is 4.85. The number of carbonyl (C=O) groups is 1. The fraction of sp³-hybridized carbons (Fsp3) is 0.261. The number of thiocarbonyl (C=S) groups is 1. The van der Waals surface area contributed by atoms with E-state index in [-0.39, 0.29) is 23.9 Å². The van der Waals surface area contributed by atoms with Crippen molar-refractivity contribution >= 4 is 46.2 Å². The molecule has 1 aliphatic heterocycles. The number of anilines is 2. The van der Waals surface area contributed by atoms with Crippen LogP contribution in [0.5, 0.6) is 0 Å². The van der Waals surface area contributed by atoms with Crippen LogP contribution >= 0.6 is 23.8 Å². The average molecular weight is 454 g/mol. The molecule has 1 aromatic carbocycles. The van der Waals surface area contributed by atoms with Crippen LogP contribution < -0.4 is 15.5 Å². The Morgan fingerprint density at radius 1 is 1.23 bits per heavy atom. The molecule has 4 rings (SSSR count). The Balaban J connectivity index is 1.74. The van der Waals surface area contributed by atoms with Gasteiger partial charge in [0.05, 0.1) is 22.4 Å². The van der Waals surface area contributed by atoms with Crippen molar-refractivity contribution in [1.82, 2.24) is 14.9 Å². The van der Waals surface area contributed by atoms with Crippen molar-refractivity contribution in [2.45, 2.75) is 25.9 Å². The second-order valence-electron chi connectivity index (χ2n) is 7.85. The number of hydrogen-bond acceptors (Lipinski definition) is 3. The molecule has 0 aliphatic carbocycles. The van der Waals surface area contributed by atoms with Crippen molar-refractivity contribution in [2.24, 2.45) is 13.0 Å². The van der Waals surface area contributed by atoms with E-state index in [2.05, 4.69) is 31.2 Å². The standard InChI is InChI=1S/C23H24ClN5OS/c1-14(2)22(30)26-17-10-9-15(13-16(17)24)29-21(19-8-6-12-28(19)3)20(27-23(29)31)18-7-4-5-11-25-18/h4-14,20-21H,1-3H3,(H,26,30)(H,27,31)/t20-,21+/m0/s1. The molecule has 2 atom stereocenters. The molecular formula is C23H24ClN5OS. The Kier molecular flexibility index (Phi) is 5.98. The summed E-state index contributed by atoms with van der Waals surface area (Å²) in [6, 6.07) is 15.3. The SMILES string of the molecule is CC(C)C(=O)Nc1ccc(N2C(=S)N[C@@H](c3ccccn3)[C@H]2c2cccn2C)cc1Cl. The summed E-state index contributed by atoms with van der Waals surface area (Å²) in [5.74, 6) is -0.211. The smallest absolute Gasteiger partial charge is 0.226 e. The first-order chi connectivity index (χ1) is 14.9. The lowest BCUT2D eigenvalue weighted by molar-refractivity contribution is -0.118. The molecule has 0 bridgehead atoms. The average Bonchev–Trinajstić information content (AvgIpc) is 3.32. The molecule has 0 spiro atoms. The molecule has 31 heavy (non-hydrogen) atoms. The zero-order chi connectivity index (χ0) is 22.1. The summed E-state index contributed by atoms with van der Waals surface area (Å²) in [7, 11) is 2.02. The molecule has 2 aromatic heterocycles. The maximum atomic E-state index is 12.1. The molecule has 8 heteroatoms. The third-order valence-electron chi connectivity index (χ3n) is 5.40. The van der Waals surface area contributed by atoms with Gasteiger partial charge in [0.2, 0.25) is 5.91 Å². The normalized spacial score (nSPS) is 18.4.